The molecule has 2 nitrogen and oxygen atoms in total. The van der Waals surface area contributed by atoms with Crippen molar-refractivity contribution in [1.29, 1.82) is 5.26 Å². The van der Waals surface area contributed by atoms with Gasteiger partial charge in [0, 0.05) is 17.3 Å². The van der Waals surface area contributed by atoms with E-state index in [0.717, 1.165) is 6.20 Å². The number of nitrogens with zero attached hydrogens (tertiary/aromatic N) is 2. The fraction of sp³-hybridized carbons (Fsp3) is 0.143. The minimum Gasteiger partial charge on any atom is -0.251 e. The number of halogens is 8. The van der Waals surface area contributed by atoms with Gasteiger partial charge in [-0.3, -0.25) is 4.98 Å². The zero-order valence-electron chi connectivity index (χ0n) is 11.3. The molecule has 126 valence electrons. The zero-order valence-corrected chi connectivity index (χ0v) is 15.1. The predicted octanol–water partition coefficient (Wildman–Crippen LogP) is 7.10. The number of aromatic nitrogens is 1. The molecule has 0 saturated carbocycles. The Labute approximate surface area is 159 Å². The maximum Gasteiger partial charge on any atom is 0.433 e. The predicted molar refractivity (Wildman–Crippen MR) is 89.0 cm³/mol. The number of nitriles is 1. The van der Waals surface area contributed by atoms with E-state index in [0.29, 0.717) is 0 Å². The average Bonchev–Trinajstić information content (AvgIpc) is 2.51. The summed E-state index contributed by atoms with van der Waals surface area (Å²) in [6, 6.07) is 3.04. The second kappa shape index (κ2) is 7.15. The molecule has 0 N–H and O–H groups in total. The van der Waals surface area contributed by atoms with Crippen LogP contribution in [-0.4, -0.2) is 4.98 Å². The first kappa shape index (κ1) is 19.4. The van der Waals surface area contributed by atoms with E-state index in [9.17, 15) is 13.2 Å². The van der Waals surface area contributed by atoms with Crippen LogP contribution >= 0.6 is 58.0 Å². The molecule has 2 aromatic rings. The fourth-order valence-corrected chi connectivity index (χ4v) is 3.38. The van der Waals surface area contributed by atoms with Crippen molar-refractivity contribution in [2.45, 2.75) is 12.6 Å². The number of hydrogen-bond acceptors (Lipinski definition) is 2. The number of pyridine rings is 1. The molecular formula is C14H4Cl5F3N2. The molecule has 0 spiro atoms. The van der Waals surface area contributed by atoms with E-state index in [1.807, 2.05) is 0 Å². The van der Waals surface area contributed by atoms with E-state index in [2.05, 4.69) is 4.98 Å². The molecule has 0 bridgehead atoms. The maximum atomic E-state index is 13.4. The molecule has 10 heteroatoms. The van der Waals surface area contributed by atoms with Crippen LogP contribution in [0.3, 0.4) is 0 Å². The van der Waals surface area contributed by atoms with Gasteiger partial charge in [0.15, 0.2) is 5.69 Å². The third-order valence-electron chi connectivity index (χ3n) is 3.04. The zero-order chi connectivity index (χ0) is 18.2. The Morgan fingerprint density at radius 3 is 1.88 bits per heavy atom. The Balaban J connectivity index is 3.00. The number of alkyl halides is 3. The Bertz CT molecular complexity index is 830. The molecule has 1 heterocycles. The smallest absolute Gasteiger partial charge is 0.251 e. The first-order chi connectivity index (χ1) is 11.1. The van der Waals surface area contributed by atoms with Gasteiger partial charge in [-0.25, -0.2) is 0 Å². The van der Waals surface area contributed by atoms with Crippen LogP contribution in [-0.2, 0) is 12.6 Å². The van der Waals surface area contributed by atoms with Crippen molar-refractivity contribution in [1.82, 2.24) is 4.98 Å². The van der Waals surface area contributed by atoms with Crippen LogP contribution in [0.15, 0.2) is 12.3 Å². The minimum atomic E-state index is -4.81. The van der Waals surface area contributed by atoms with Gasteiger partial charge in [-0.1, -0.05) is 58.0 Å². The van der Waals surface area contributed by atoms with Crippen LogP contribution in [0.5, 0.6) is 0 Å². The summed E-state index contributed by atoms with van der Waals surface area (Å²) in [7, 11) is 0. The first-order valence-corrected chi connectivity index (χ1v) is 7.94. The van der Waals surface area contributed by atoms with E-state index >= 15 is 0 Å². The Kier molecular flexibility index (Phi) is 5.79. The molecule has 0 aliphatic heterocycles. The Hall–Kier alpha value is -0.900. The summed E-state index contributed by atoms with van der Waals surface area (Å²) in [5, 5.41) is 7.58. The molecular weight excluding hydrogens is 430 g/mol. The standard InChI is InChI=1S/C14H4Cl5F3N2/c15-8-7(9(16)11(18)12(19)10(8)17)6-5(1-3-23)2-4-24-13(6)14(20,21)22/h2,4H,1H2. The van der Waals surface area contributed by atoms with Crippen molar-refractivity contribution in [3.8, 4) is 17.2 Å². The van der Waals surface area contributed by atoms with E-state index < -0.39 is 17.4 Å². The van der Waals surface area contributed by atoms with Crippen LogP contribution < -0.4 is 0 Å². The van der Waals surface area contributed by atoms with Crippen LogP contribution in [0, 0.1) is 11.3 Å². The highest BCUT2D eigenvalue weighted by Crippen LogP contribution is 2.51. The van der Waals surface area contributed by atoms with Gasteiger partial charge in [-0.2, -0.15) is 18.4 Å². The van der Waals surface area contributed by atoms with Gasteiger partial charge < -0.3 is 0 Å². The summed E-state index contributed by atoms with van der Waals surface area (Å²) in [5.74, 6) is 0. The molecule has 0 unspecified atom stereocenters. The quantitative estimate of drug-likeness (QED) is 0.373. The molecule has 0 fully saturated rings. The first-order valence-electron chi connectivity index (χ1n) is 6.05. The summed E-state index contributed by atoms with van der Waals surface area (Å²) in [4.78, 5) is 3.36. The highest BCUT2D eigenvalue weighted by molar-refractivity contribution is 6.56. The Morgan fingerprint density at radius 2 is 1.42 bits per heavy atom. The molecule has 0 aliphatic carbocycles. The highest BCUT2D eigenvalue weighted by Gasteiger charge is 2.38. The monoisotopic (exact) mass is 432 g/mol. The van der Waals surface area contributed by atoms with Gasteiger partial charge in [0.25, 0.3) is 0 Å². The van der Waals surface area contributed by atoms with E-state index in [4.69, 9.17) is 63.3 Å². The summed E-state index contributed by atoms with van der Waals surface area (Å²) in [6.07, 6.45) is -4.20. The SMILES string of the molecule is N#CCc1ccnc(C(F)(F)F)c1-c1c(Cl)c(Cl)c(Cl)c(Cl)c1Cl. The highest BCUT2D eigenvalue weighted by atomic mass is 35.5. The van der Waals surface area contributed by atoms with Gasteiger partial charge in [0.05, 0.1) is 37.6 Å². The van der Waals surface area contributed by atoms with Crippen molar-refractivity contribution >= 4 is 58.0 Å². The summed E-state index contributed by atoms with van der Waals surface area (Å²) >= 11 is 29.9. The lowest BCUT2D eigenvalue weighted by Crippen LogP contribution is -2.12. The van der Waals surface area contributed by atoms with Crippen LogP contribution in [0.25, 0.3) is 11.1 Å². The van der Waals surface area contributed by atoms with E-state index in [1.54, 1.807) is 6.07 Å². The molecule has 1 aromatic carbocycles. The van der Waals surface area contributed by atoms with Crippen molar-refractivity contribution in [2.24, 2.45) is 0 Å². The minimum absolute atomic E-state index is 0.0260. The van der Waals surface area contributed by atoms with Crippen molar-refractivity contribution in [3.05, 3.63) is 48.6 Å². The van der Waals surface area contributed by atoms with Gasteiger partial charge >= 0.3 is 6.18 Å². The third-order valence-corrected chi connectivity index (χ3v) is 5.31. The lowest BCUT2D eigenvalue weighted by atomic mass is 9.96. The summed E-state index contributed by atoms with van der Waals surface area (Å²) in [6.45, 7) is 0. The van der Waals surface area contributed by atoms with Crippen molar-refractivity contribution in [3.63, 3.8) is 0 Å². The molecule has 0 radical (unpaired) electrons. The molecule has 0 saturated heterocycles. The normalized spacial score (nSPS) is 11.5. The number of benzene rings is 1. The molecule has 0 aliphatic rings. The summed E-state index contributed by atoms with van der Waals surface area (Å²) < 4.78 is 40.1. The number of rotatable bonds is 2. The second-order valence-electron chi connectivity index (χ2n) is 4.47. The van der Waals surface area contributed by atoms with Crippen LogP contribution in [0.2, 0.25) is 25.1 Å². The van der Waals surface area contributed by atoms with E-state index in [1.165, 1.54) is 6.07 Å². The van der Waals surface area contributed by atoms with Crippen LogP contribution in [0.1, 0.15) is 11.3 Å². The van der Waals surface area contributed by atoms with Gasteiger partial charge in [-0.15, -0.1) is 0 Å². The number of hydrogen-bond donors (Lipinski definition) is 0. The second-order valence-corrected chi connectivity index (χ2v) is 6.36. The Morgan fingerprint density at radius 1 is 0.917 bits per heavy atom. The molecule has 2 rings (SSSR count). The molecule has 0 atom stereocenters. The molecule has 24 heavy (non-hydrogen) atoms. The van der Waals surface area contributed by atoms with Gasteiger partial charge in [-0.05, 0) is 11.6 Å². The van der Waals surface area contributed by atoms with Crippen LogP contribution in [0.4, 0.5) is 13.2 Å². The van der Waals surface area contributed by atoms with Crippen molar-refractivity contribution < 1.29 is 13.2 Å². The largest absolute Gasteiger partial charge is 0.433 e. The maximum absolute atomic E-state index is 13.4. The fourth-order valence-electron chi connectivity index (χ4n) is 2.05. The molecule has 0 amide bonds. The lowest BCUT2D eigenvalue weighted by molar-refractivity contribution is -0.140. The van der Waals surface area contributed by atoms with Gasteiger partial charge in [0.1, 0.15) is 0 Å². The van der Waals surface area contributed by atoms with E-state index in [-0.39, 0.29) is 42.7 Å². The van der Waals surface area contributed by atoms with Crippen molar-refractivity contribution in [2.75, 3.05) is 0 Å². The summed E-state index contributed by atoms with van der Waals surface area (Å²) in [5.41, 5.74) is -1.96. The topological polar surface area (TPSA) is 36.7 Å². The average molecular weight is 434 g/mol. The third kappa shape index (κ3) is 3.40. The lowest BCUT2D eigenvalue weighted by Gasteiger charge is -2.19. The van der Waals surface area contributed by atoms with Gasteiger partial charge in [0.2, 0.25) is 0 Å². The molecule has 1 aromatic heterocycles.